The first-order valence-electron chi connectivity index (χ1n) is 6.24. The number of aromatic amines is 1. The molecule has 0 amide bonds. The summed E-state index contributed by atoms with van der Waals surface area (Å²) in [6, 6.07) is 3.60. The number of H-pyrrole nitrogens is 1. The van der Waals surface area contributed by atoms with Crippen molar-refractivity contribution >= 4 is 26.9 Å². The van der Waals surface area contributed by atoms with Gasteiger partial charge in [0.1, 0.15) is 17.3 Å². The van der Waals surface area contributed by atoms with Crippen molar-refractivity contribution in [2.75, 3.05) is 6.54 Å². The molecule has 1 aromatic carbocycles. The maximum absolute atomic E-state index is 13.9. The molecule has 0 fully saturated rings. The van der Waals surface area contributed by atoms with Crippen molar-refractivity contribution in [3.8, 4) is 0 Å². The Bertz CT molecular complexity index is 783. The standard InChI is InChI=1S/C13H15FN2O4S/c1-8(2)16(7-12(17)18)21(19,20)11-6-15-10-5-3-4-9(14)13(10)11/h3-6,8,15H,7H2,1-2H3,(H,17,18). The zero-order chi connectivity index (χ0) is 15.8. The highest BCUT2D eigenvalue weighted by Gasteiger charge is 2.31. The van der Waals surface area contributed by atoms with Crippen LogP contribution in [0.4, 0.5) is 4.39 Å². The lowest BCUT2D eigenvalue weighted by Gasteiger charge is -2.23. The minimum Gasteiger partial charge on any atom is -0.480 e. The molecule has 0 saturated heterocycles. The molecule has 6 nitrogen and oxygen atoms in total. The zero-order valence-corrected chi connectivity index (χ0v) is 12.3. The third-order valence-corrected chi connectivity index (χ3v) is 5.12. The Morgan fingerprint density at radius 2 is 2.10 bits per heavy atom. The van der Waals surface area contributed by atoms with Crippen LogP contribution in [-0.4, -0.2) is 41.4 Å². The molecule has 0 aliphatic heterocycles. The summed E-state index contributed by atoms with van der Waals surface area (Å²) in [6.07, 6.45) is 1.18. The molecule has 114 valence electrons. The van der Waals surface area contributed by atoms with Crippen LogP contribution >= 0.6 is 0 Å². The van der Waals surface area contributed by atoms with Crippen LogP contribution in [0.15, 0.2) is 29.3 Å². The largest absolute Gasteiger partial charge is 0.480 e. The van der Waals surface area contributed by atoms with Gasteiger partial charge in [0.05, 0.1) is 5.39 Å². The quantitative estimate of drug-likeness (QED) is 0.880. The summed E-state index contributed by atoms with van der Waals surface area (Å²) in [7, 11) is -4.12. The summed E-state index contributed by atoms with van der Waals surface area (Å²) in [5.74, 6) is -1.95. The van der Waals surface area contributed by atoms with E-state index in [0.29, 0.717) is 5.52 Å². The number of nitrogens with zero attached hydrogens (tertiary/aromatic N) is 1. The fraction of sp³-hybridized carbons (Fsp3) is 0.308. The van der Waals surface area contributed by atoms with E-state index in [0.717, 1.165) is 10.4 Å². The molecule has 1 aromatic heterocycles. The first-order chi connectivity index (χ1) is 9.75. The van der Waals surface area contributed by atoms with Gasteiger partial charge in [-0.2, -0.15) is 4.31 Å². The lowest BCUT2D eigenvalue weighted by Crippen LogP contribution is -2.40. The zero-order valence-electron chi connectivity index (χ0n) is 11.5. The molecule has 8 heteroatoms. The molecule has 1 heterocycles. The van der Waals surface area contributed by atoms with Crippen molar-refractivity contribution in [1.82, 2.24) is 9.29 Å². The number of carboxylic acid groups (broad SMARTS) is 1. The molecule has 0 atom stereocenters. The van der Waals surface area contributed by atoms with Gasteiger partial charge in [-0.25, -0.2) is 12.8 Å². The SMILES string of the molecule is CC(C)N(CC(=O)O)S(=O)(=O)c1c[nH]c2cccc(F)c12. The summed E-state index contributed by atoms with van der Waals surface area (Å²) < 4.78 is 40.0. The highest BCUT2D eigenvalue weighted by molar-refractivity contribution is 7.89. The van der Waals surface area contributed by atoms with Gasteiger partial charge in [0, 0.05) is 17.8 Å². The van der Waals surface area contributed by atoms with Crippen LogP contribution in [0.5, 0.6) is 0 Å². The van der Waals surface area contributed by atoms with E-state index in [1.54, 1.807) is 19.9 Å². The first kappa shape index (κ1) is 15.5. The molecule has 0 spiro atoms. The number of hydrogen-bond donors (Lipinski definition) is 2. The number of aromatic nitrogens is 1. The van der Waals surface area contributed by atoms with Gasteiger partial charge in [-0.3, -0.25) is 4.79 Å². The predicted molar refractivity (Wildman–Crippen MR) is 74.9 cm³/mol. The Hall–Kier alpha value is -1.93. The number of aliphatic carboxylic acids is 1. The molecule has 21 heavy (non-hydrogen) atoms. The molecule has 0 bridgehead atoms. The van der Waals surface area contributed by atoms with Gasteiger partial charge in [0.25, 0.3) is 0 Å². The maximum atomic E-state index is 13.9. The van der Waals surface area contributed by atoms with Gasteiger partial charge >= 0.3 is 5.97 Å². The monoisotopic (exact) mass is 314 g/mol. The van der Waals surface area contributed by atoms with E-state index in [2.05, 4.69) is 4.98 Å². The van der Waals surface area contributed by atoms with Crippen molar-refractivity contribution < 1.29 is 22.7 Å². The van der Waals surface area contributed by atoms with Crippen LogP contribution in [-0.2, 0) is 14.8 Å². The number of nitrogens with one attached hydrogen (secondary N) is 1. The number of halogens is 1. The highest BCUT2D eigenvalue weighted by Crippen LogP contribution is 2.28. The molecule has 2 aromatic rings. The normalized spacial score (nSPS) is 12.4. The molecule has 0 aliphatic carbocycles. The summed E-state index contributed by atoms with van der Waals surface area (Å²) >= 11 is 0. The smallest absolute Gasteiger partial charge is 0.318 e. The van der Waals surface area contributed by atoms with Crippen molar-refractivity contribution in [3.63, 3.8) is 0 Å². The van der Waals surface area contributed by atoms with E-state index in [4.69, 9.17) is 5.11 Å². The predicted octanol–water partition coefficient (Wildman–Crippen LogP) is 1.79. The first-order valence-corrected chi connectivity index (χ1v) is 7.68. The molecule has 2 N–H and O–H groups in total. The van der Waals surface area contributed by atoms with Gasteiger partial charge in [-0.15, -0.1) is 0 Å². The molecular formula is C13H15FN2O4S. The molecule has 0 radical (unpaired) electrons. The lowest BCUT2D eigenvalue weighted by molar-refractivity contribution is -0.137. The third-order valence-electron chi connectivity index (χ3n) is 3.07. The molecule has 0 unspecified atom stereocenters. The second-order valence-corrected chi connectivity index (χ2v) is 6.71. The average Bonchev–Trinajstić information content (AvgIpc) is 2.81. The Morgan fingerprint density at radius 1 is 1.43 bits per heavy atom. The van der Waals surface area contributed by atoms with E-state index in [9.17, 15) is 17.6 Å². The number of sulfonamides is 1. The van der Waals surface area contributed by atoms with Crippen LogP contribution in [0.3, 0.4) is 0 Å². The third kappa shape index (κ3) is 2.77. The summed E-state index contributed by atoms with van der Waals surface area (Å²) in [5, 5.41) is 8.81. The van der Waals surface area contributed by atoms with Gasteiger partial charge in [-0.05, 0) is 26.0 Å². The number of hydrogen-bond acceptors (Lipinski definition) is 3. The van der Waals surface area contributed by atoms with Gasteiger partial charge < -0.3 is 10.1 Å². The van der Waals surface area contributed by atoms with Crippen molar-refractivity contribution in [3.05, 3.63) is 30.2 Å². The van der Waals surface area contributed by atoms with Gasteiger partial charge in [-0.1, -0.05) is 6.07 Å². The van der Waals surface area contributed by atoms with E-state index in [1.807, 2.05) is 0 Å². The van der Waals surface area contributed by atoms with Crippen LogP contribution in [0, 0.1) is 5.82 Å². The topological polar surface area (TPSA) is 90.5 Å². The molecular weight excluding hydrogens is 299 g/mol. The number of benzene rings is 1. The van der Waals surface area contributed by atoms with Gasteiger partial charge in [0.2, 0.25) is 10.0 Å². The summed E-state index contributed by atoms with van der Waals surface area (Å²) in [5.41, 5.74) is 0.340. The van der Waals surface area contributed by atoms with Crippen molar-refractivity contribution in [2.24, 2.45) is 0 Å². The van der Waals surface area contributed by atoms with Crippen LogP contribution in [0.25, 0.3) is 10.9 Å². The number of fused-ring (bicyclic) bond motifs is 1. The minimum atomic E-state index is -4.12. The Morgan fingerprint density at radius 3 is 2.67 bits per heavy atom. The van der Waals surface area contributed by atoms with Crippen molar-refractivity contribution in [2.45, 2.75) is 24.8 Å². The van der Waals surface area contributed by atoms with Gasteiger partial charge in [0.15, 0.2) is 0 Å². The Kier molecular flexibility index (Phi) is 4.02. The van der Waals surface area contributed by atoms with E-state index < -0.39 is 34.4 Å². The summed E-state index contributed by atoms with van der Waals surface area (Å²) in [4.78, 5) is 13.3. The van der Waals surface area contributed by atoms with E-state index in [-0.39, 0.29) is 10.3 Å². The Balaban J connectivity index is 2.63. The molecule has 0 saturated carbocycles. The number of rotatable bonds is 5. The maximum Gasteiger partial charge on any atom is 0.318 e. The fourth-order valence-electron chi connectivity index (χ4n) is 2.12. The number of carboxylic acids is 1. The minimum absolute atomic E-state index is 0.0615. The van der Waals surface area contributed by atoms with E-state index in [1.165, 1.54) is 12.3 Å². The fourth-order valence-corrected chi connectivity index (χ4v) is 3.88. The highest BCUT2D eigenvalue weighted by atomic mass is 32.2. The van der Waals surface area contributed by atoms with Crippen LogP contribution < -0.4 is 0 Å². The van der Waals surface area contributed by atoms with Crippen LogP contribution in [0.2, 0.25) is 0 Å². The van der Waals surface area contributed by atoms with E-state index >= 15 is 0 Å². The average molecular weight is 314 g/mol. The van der Waals surface area contributed by atoms with Crippen LogP contribution in [0.1, 0.15) is 13.8 Å². The second-order valence-electron chi connectivity index (χ2n) is 4.85. The molecule has 2 rings (SSSR count). The lowest BCUT2D eigenvalue weighted by atomic mass is 10.2. The number of carbonyl (C=O) groups is 1. The second kappa shape index (κ2) is 5.45. The molecule has 0 aliphatic rings. The van der Waals surface area contributed by atoms with Crippen molar-refractivity contribution in [1.29, 1.82) is 0 Å². The summed E-state index contributed by atoms with van der Waals surface area (Å²) in [6.45, 7) is 2.44. The Labute approximate surface area is 121 Å².